The molecule has 9 rings (SSSR count). The van der Waals surface area contributed by atoms with Crippen molar-refractivity contribution in [3.05, 3.63) is 146 Å². The summed E-state index contributed by atoms with van der Waals surface area (Å²) in [5, 5.41) is 24.1. The minimum atomic E-state index is -4.78. The molecule has 3 heterocycles. The van der Waals surface area contributed by atoms with Crippen LogP contribution >= 0.6 is 23.2 Å². The third-order valence-corrected chi connectivity index (χ3v) is 12.6. The number of alkyl halides is 3. The lowest BCUT2D eigenvalue weighted by molar-refractivity contribution is -0.384. The minimum Gasteiger partial charge on any atom is -0.507 e. The number of benzene rings is 4. The minimum absolute atomic E-state index is 0.0148. The number of amides is 4. The Hall–Kier alpha value is -6.32. The van der Waals surface area contributed by atoms with Crippen LogP contribution in [0.15, 0.2) is 109 Å². The fraction of sp³-hybridized carbons (Fsp3) is 0.214. The summed E-state index contributed by atoms with van der Waals surface area (Å²) in [6, 6.07) is 22.2. The van der Waals surface area contributed by atoms with Crippen LogP contribution in [0.3, 0.4) is 0 Å². The van der Waals surface area contributed by atoms with Crippen LogP contribution in [0.25, 0.3) is 10.8 Å². The van der Waals surface area contributed by atoms with E-state index in [4.69, 9.17) is 23.2 Å². The first-order chi connectivity index (χ1) is 28.1. The van der Waals surface area contributed by atoms with Crippen molar-refractivity contribution in [2.24, 2.45) is 23.7 Å². The number of allylic oxidation sites excluding steroid dienone is 2. The topological polar surface area (TPSA) is 163 Å². The highest BCUT2D eigenvalue weighted by molar-refractivity contribution is 6.33. The maximum Gasteiger partial charge on any atom is 0.417 e. The molecular formula is C42H28Cl2F3N5O7. The predicted octanol–water partition coefficient (Wildman–Crippen LogP) is 8.36. The predicted molar refractivity (Wildman–Crippen MR) is 208 cm³/mol. The van der Waals surface area contributed by atoms with Gasteiger partial charge in [-0.05, 0) is 65.6 Å². The molecule has 4 aliphatic rings. The third-order valence-electron chi connectivity index (χ3n) is 12.1. The van der Waals surface area contributed by atoms with E-state index in [2.05, 4.69) is 10.4 Å². The average molecular weight is 843 g/mol. The molecule has 0 spiro atoms. The number of phenols is 1. The Balaban J connectivity index is 1.25. The number of anilines is 2. The van der Waals surface area contributed by atoms with E-state index >= 15 is 9.59 Å². The van der Waals surface area contributed by atoms with Crippen molar-refractivity contribution in [1.29, 1.82) is 0 Å². The lowest BCUT2D eigenvalue weighted by atomic mass is 9.49. The van der Waals surface area contributed by atoms with Gasteiger partial charge < -0.3 is 5.11 Å². The number of carbonyl (C=O) groups excluding carboxylic acids is 4. The first-order valence-electron chi connectivity index (χ1n) is 18.3. The van der Waals surface area contributed by atoms with Gasteiger partial charge in [0.1, 0.15) is 5.75 Å². The van der Waals surface area contributed by atoms with Crippen LogP contribution in [-0.4, -0.2) is 43.7 Å². The number of rotatable bonds is 6. The number of hydrogen-bond donors (Lipinski definition) is 2. The molecule has 6 unspecified atom stereocenters. The number of carbonyl (C=O) groups is 4. The number of nitrogens with one attached hydrogen (secondary N) is 1. The summed E-state index contributed by atoms with van der Waals surface area (Å²) in [5.74, 6) is -8.38. The van der Waals surface area contributed by atoms with Crippen LogP contribution < -0.4 is 10.3 Å². The smallest absolute Gasteiger partial charge is 0.417 e. The number of aromatic nitrogens is 1. The standard InChI is InChI=1S/C42H28Cl2F3N5O7/c43-22-10-8-20(9-11-22)41-31(38(55)51(40(41)57)49-36-32(44)16-21(19-48-36)42(45,46)47)18-30-28(35(41)27-14-15-33(53)26-7-2-1-6-25(26)27)12-13-29-34(30)39(56)50(37(29)54)23-4-3-5-24(17-23)52(58)59/h1-12,14-17,19,29-31,34-35,53H,13,18H2,(H,48,49). The Morgan fingerprint density at radius 2 is 1.61 bits per heavy atom. The number of nitro benzene ring substituents is 1. The van der Waals surface area contributed by atoms with Gasteiger partial charge in [-0.2, -0.15) is 18.2 Å². The molecule has 2 N–H and O–H groups in total. The molecule has 59 heavy (non-hydrogen) atoms. The Kier molecular flexibility index (Phi) is 8.83. The average Bonchev–Trinajstić information content (AvgIpc) is 3.59. The molecule has 2 aliphatic heterocycles. The molecular weight excluding hydrogens is 814 g/mol. The van der Waals surface area contributed by atoms with Crippen LogP contribution in [0.1, 0.15) is 35.4 Å². The molecule has 0 bridgehead atoms. The van der Waals surface area contributed by atoms with Gasteiger partial charge in [0.25, 0.3) is 17.5 Å². The van der Waals surface area contributed by atoms with Crippen LogP contribution in [-0.2, 0) is 30.8 Å². The number of pyridine rings is 1. The highest BCUT2D eigenvalue weighted by Gasteiger charge is 2.70. The van der Waals surface area contributed by atoms with E-state index in [0.29, 0.717) is 49.8 Å². The van der Waals surface area contributed by atoms with Crippen molar-refractivity contribution in [2.45, 2.75) is 30.4 Å². The molecule has 12 nitrogen and oxygen atoms in total. The molecule has 3 fully saturated rings. The highest BCUT2D eigenvalue weighted by atomic mass is 35.5. The zero-order valence-electron chi connectivity index (χ0n) is 30.2. The fourth-order valence-electron chi connectivity index (χ4n) is 9.69. The zero-order valence-corrected chi connectivity index (χ0v) is 31.7. The number of hydrazine groups is 1. The van der Waals surface area contributed by atoms with Gasteiger partial charge in [-0.15, -0.1) is 0 Å². The normalized spacial score (nSPS) is 25.2. The maximum absolute atomic E-state index is 15.5. The maximum atomic E-state index is 15.5. The quantitative estimate of drug-likeness (QED) is 0.0740. The molecule has 298 valence electrons. The number of phenolic OH excluding ortho intramolecular Hbond substituents is 1. The molecule has 1 saturated carbocycles. The van der Waals surface area contributed by atoms with Crippen molar-refractivity contribution < 1.29 is 42.4 Å². The summed E-state index contributed by atoms with van der Waals surface area (Å²) in [5.41, 5.74) is 0.769. The van der Waals surface area contributed by atoms with Crippen LogP contribution in [0.4, 0.5) is 30.4 Å². The van der Waals surface area contributed by atoms with E-state index in [9.17, 15) is 38.0 Å². The third kappa shape index (κ3) is 5.69. The number of fused-ring (bicyclic) bond motifs is 5. The second kappa shape index (κ2) is 13.6. The van der Waals surface area contributed by atoms with Gasteiger partial charge in [-0.3, -0.25) is 34.7 Å². The fourth-order valence-corrected chi connectivity index (χ4v) is 10.0. The monoisotopic (exact) mass is 841 g/mol. The Bertz CT molecular complexity index is 2710. The molecule has 4 aromatic carbocycles. The number of non-ortho nitro benzene ring substituents is 1. The molecule has 5 aromatic rings. The van der Waals surface area contributed by atoms with Crippen molar-refractivity contribution in [1.82, 2.24) is 9.99 Å². The number of halogens is 5. The van der Waals surface area contributed by atoms with Gasteiger partial charge in [0.05, 0.1) is 44.4 Å². The number of imide groups is 2. The van der Waals surface area contributed by atoms with Crippen molar-refractivity contribution in [3.63, 3.8) is 0 Å². The van der Waals surface area contributed by atoms with Crippen molar-refractivity contribution >= 4 is 74.8 Å². The van der Waals surface area contributed by atoms with Gasteiger partial charge >= 0.3 is 6.18 Å². The summed E-state index contributed by atoms with van der Waals surface area (Å²) in [4.78, 5) is 75.1. The molecule has 0 radical (unpaired) electrons. The SMILES string of the molecule is O=C1C2CC3C(=CCC4C(=O)N(c5cccc([N+](=O)[O-])c5)C(=O)C43)C(c3ccc(O)c4ccccc34)C2(c2ccc(Cl)cc2)C(=O)N1Nc1ncc(C(F)(F)F)cc1Cl. The lowest BCUT2D eigenvalue weighted by Crippen LogP contribution is -2.53. The van der Waals surface area contributed by atoms with Gasteiger partial charge in [0.2, 0.25) is 11.8 Å². The summed E-state index contributed by atoms with van der Waals surface area (Å²) in [6.07, 6.45) is -2.54. The molecule has 2 saturated heterocycles. The number of nitrogens with zero attached hydrogens (tertiary/aromatic N) is 4. The Labute approximate surface area is 342 Å². The lowest BCUT2D eigenvalue weighted by Gasteiger charge is -2.51. The summed E-state index contributed by atoms with van der Waals surface area (Å²) < 4.78 is 40.7. The van der Waals surface area contributed by atoms with E-state index in [1.54, 1.807) is 54.6 Å². The largest absolute Gasteiger partial charge is 0.507 e. The number of hydrogen-bond acceptors (Lipinski definition) is 9. The van der Waals surface area contributed by atoms with E-state index in [0.717, 1.165) is 11.0 Å². The van der Waals surface area contributed by atoms with E-state index in [1.165, 1.54) is 24.3 Å². The van der Waals surface area contributed by atoms with Crippen molar-refractivity contribution in [3.8, 4) is 5.75 Å². The van der Waals surface area contributed by atoms with Gasteiger partial charge in [0, 0.05) is 34.7 Å². The molecule has 6 atom stereocenters. The summed E-state index contributed by atoms with van der Waals surface area (Å²) >= 11 is 12.7. The first-order valence-corrected chi connectivity index (χ1v) is 19.0. The highest BCUT2D eigenvalue weighted by Crippen LogP contribution is 2.65. The van der Waals surface area contributed by atoms with Crippen LogP contribution in [0, 0.1) is 33.8 Å². The summed E-state index contributed by atoms with van der Waals surface area (Å²) in [7, 11) is 0. The van der Waals surface area contributed by atoms with Gasteiger partial charge in [0.15, 0.2) is 5.82 Å². The zero-order chi connectivity index (χ0) is 41.7. The van der Waals surface area contributed by atoms with Gasteiger partial charge in [-0.1, -0.05) is 83.4 Å². The second-order valence-corrected chi connectivity index (χ2v) is 15.8. The Morgan fingerprint density at radius 1 is 0.881 bits per heavy atom. The molecule has 17 heteroatoms. The first kappa shape index (κ1) is 38.2. The van der Waals surface area contributed by atoms with Crippen LogP contribution in [0.5, 0.6) is 5.75 Å². The van der Waals surface area contributed by atoms with Crippen LogP contribution in [0.2, 0.25) is 10.0 Å². The van der Waals surface area contributed by atoms with E-state index in [1.807, 2.05) is 6.08 Å². The molecule has 1 aromatic heterocycles. The number of nitro groups is 1. The Morgan fingerprint density at radius 3 is 2.31 bits per heavy atom. The van der Waals surface area contributed by atoms with Crippen molar-refractivity contribution in [2.75, 3.05) is 10.3 Å². The number of aromatic hydroxyl groups is 1. The summed E-state index contributed by atoms with van der Waals surface area (Å²) in [6.45, 7) is 0. The second-order valence-electron chi connectivity index (χ2n) is 14.9. The van der Waals surface area contributed by atoms with E-state index in [-0.39, 0.29) is 30.0 Å². The molecule has 4 amide bonds. The van der Waals surface area contributed by atoms with E-state index < -0.39 is 86.1 Å². The molecule has 2 aliphatic carbocycles. The van der Waals surface area contributed by atoms with Gasteiger partial charge in [-0.25, -0.2) is 9.88 Å².